The highest BCUT2D eigenvalue weighted by Crippen LogP contribution is 2.25. The summed E-state index contributed by atoms with van der Waals surface area (Å²) >= 11 is 6.45. The maximum Gasteiger partial charge on any atom is 0.321 e. The van der Waals surface area contributed by atoms with Gasteiger partial charge in [-0.25, -0.2) is 13.4 Å². The van der Waals surface area contributed by atoms with E-state index in [2.05, 4.69) is 4.98 Å². The Hall–Kier alpha value is -0.700. The van der Waals surface area contributed by atoms with E-state index in [0.717, 1.165) is 15.6 Å². The Balaban J connectivity index is 2.90. The molecule has 0 aromatic carbocycles. The van der Waals surface area contributed by atoms with Crippen molar-refractivity contribution in [2.24, 2.45) is 0 Å². The van der Waals surface area contributed by atoms with Crippen molar-refractivity contribution in [1.29, 1.82) is 0 Å². The SMILES string of the molecule is CCOC(=O)CN(CC)S(=O)(=O)c1cnc(Cl)s1. The smallest absolute Gasteiger partial charge is 0.321 e. The average molecular weight is 313 g/mol. The number of sulfonamides is 1. The third-order valence-electron chi connectivity index (χ3n) is 2.01. The van der Waals surface area contributed by atoms with E-state index in [9.17, 15) is 13.2 Å². The van der Waals surface area contributed by atoms with Gasteiger partial charge in [0.25, 0.3) is 10.0 Å². The number of hydrogen-bond acceptors (Lipinski definition) is 6. The van der Waals surface area contributed by atoms with Crippen molar-refractivity contribution >= 4 is 38.9 Å². The van der Waals surface area contributed by atoms with Crippen LogP contribution in [0, 0.1) is 0 Å². The molecule has 102 valence electrons. The zero-order valence-corrected chi connectivity index (χ0v) is 12.3. The molecular formula is C9H13ClN2O4S2. The second-order valence-corrected chi connectivity index (χ2v) is 6.95. The van der Waals surface area contributed by atoms with Crippen molar-refractivity contribution in [1.82, 2.24) is 9.29 Å². The number of aromatic nitrogens is 1. The minimum atomic E-state index is -3.74. The Morgan fingerprint density at radius 2 is 2.22 bits per heavy atom. The molecule has 0 aliphatic rings. The number of likely N-dealkylation sites (N-methyl/N-ethyl adjacent to an activating group) is 1. The highest BCUT2D eigenvalue weighted by Gasteiger charge is 2.27. The van der Waals surface area contributed by atoms with Crippen LogP contribution in [0.5, 0.6) is 0 Å². The van der Waals surface area contributed by atoms with Crippen LogP contribution >= 0.6 is 22.9 Å². The zero-order valence-electron chi connectivity index (χ0n) is 9.92. The lowest BCUT2D eigenvalue weighted by Crippen LogP contribution is -2.35. The second-order valence-electron chi connectivity index (χ2n) is 3.17. The van der Waals surface area contributed by atoms with E-state index >= 15 is 0 Å². The summed E-state index contributed by atoms with van der Waals surface area (Å²) in [6, 6.07) is 0. The Morgan fingerprint density at radius 3 is 2.67 bits per heavy atom. The van der Waals surface area contributed by atoms with Gasteiger partial charge >= 0.3 is 5.97 Å². The molecule has 1 rings (SSSR count). The maximum absolute atomic E-state index is 12.1. The minimum absolute atomic E-state index is 0.0126. The first-order valence-corrected chi connectivity index (χ1v) is 7.82. The molecule has 0 bridgehead atoms. The molecule has 0 fully saturated rings. The maximum atomic E-state index is 12.1. The predicted octanol–water partition coefficient (Wildman–Crippen LogP) is 1.37. The number of carbonyl (C=O) groups is 1. The lowest BCUT2D eigenvalue weighted by Gasteiger charge is -2.17. The fourth-order valence-electron chi connectivity index (χ4n) is 1.20. The number of esters is 1. The number of nitrogens with zero attached hydrogens (tertiary/aromatic N) is 2. The van der Waals surface area contributed by atoms with E-state index < -0.39 is 16.0 Å². The van der Waals surface area contributed by atoms with Crippen LogP contribution in [0.1, 0.15) is 13.8 Å². The van der Waals surface area contributed by atoms with Crippen molar-refractivity contribution < 1.29 is 17.9 Å². The molecule has 1 aromatic heterocycles. The average Bonchev–Trinajstić information content (AvgIpc) is 2.73. The normalized spacial score (nSPS) is 11.8. The van der Waals surface area contributed by atoms with E-state index in [0.29, 0.717) is 0 Å². The number of halogens is 1. The van der Waals surface area contributed by atoms with E-state index in [1.165, 1.54) is 6.20 Å². The van der Waals surface area contributed by atoms with Crippen molar-refractivity contribution in [3.8, 4) is 0 Å². The Labute approximate surface area is 115 Å². The Morgan fingerprint density at radius 1 is 1.56 bits per heavy atom. The fraction of sp³-hybridized carbons (Fsp3) is 0.556. The van der Waals surface area contributed by atoms with Crippen LogP contribution in [-0.4, -0.2) is 43.4 Å². The van der Waals surface area contributed by atoms with Gasteiger partial charge in [-0.15, -0.1) is 0 Å². The molecule has 18 heavy (non-hydrogen) atoms. The van der Waals surface area contributed by atoms with E-state index in [4.69, 9.17) is 16.3 Å². The van der Waals surface area contributed by atoms with Crippen LogP contribution in [0.3, 0.4) is 0 Å². The lowest BCUT2D eigenvalue weighted by molar-refractivity contribution is -0.143. The van der Waals surface area contributed by atoms with Gasteiger partial charge in [-0.1, -0.05) is 29.9 Å². The zero-order chi connectivity index (χ0) is 13.8. The van der Waals surface area contributed by atoms with Gasteiger partial charge in [-0.3, -0.25) is 4.79 Å². The third kappa shape index (κ3) is 3.64. The van der Waals surface area contributed by atoms with Gasteiger partial charge in [-0.2, -0.15) is 4.31 Å². The molecule has 9 heteroatoms. The van der Waals surface area contributed by atoms with Crippen LogP contribution in [0.4, 0.5) is 0 Å². The third-order valence-corrected chi connectivity index (χ3v) is 5.49. The molecule has 0 spiro atoms. The number of rotatable bonds is 6. The standard InChI is InChI=1S/C9H13ClN2O4S2/c1-3-12(6-7(13)16-4-2)18(14,15)8-5-11-9(10)17-8/h5H,3-4,6H2,1-2H3. The second kappa shape index (κ2) is 6.46. The van der Waals surface area contributed by atoms with Crippen LogP contribution in [0.2, 0.25) is 4.47 Å². The predicted molar refractivity (Wildman–Crippen MR) is 68.2 cm³/mol. The molecule has 0 atom stereocenters. The Bertz CT molecular complexity index is 514. The first kappa shape index (κ1) is 15.4. The molecule has 1 heterocycles. The largest absolute Gasteiger partial charge is 0.465 e. The van der Waals surface area contributed by atoms with Crippen LogP contribution in [0.15, 0.2) is 10.4 Å². The molecule has 0 saturated heterocycles. The highest BCUT2D eigenvalue weighted by molar-refractivity contribution is 7.91. The fourth-order valence-corrected chi connectivity index (χ4v) is 4.05. The topological polar surface area (TPSA) is 76.6 Å². The van der Waals surface area contributed by atoms with Crippen molar-refractivity contribution in [2.45, 2.75) is 18.1 Å². The van der Waals surface area contributed by atoms with Crippen LogP contribution < -0.4 is 0 Å². The van der Waals surface area contributed by atoms with Crippen LogP contribution in [-0.2, 0) is 19.6 Å². The van der Waals surface area contributed by atoms with Gasteiger partial charge in [-0.05, 0) is 6.92 Å². The van der Waals surface area contributed by atoms with Gasteiger partial charge < -0.3 is 4.74 Å². The summed E-state index contributed by atoms with van der Waals surface area (Å²) in [6.07, 6.45) is 1.18. The summed E-state index contributed by atoms with van der Waals surface area (Å²) < 4.78 is 30.2. The molecule has 0 radical (unpaired) electrons. The summed E-state index contributed by atoms with van der Waals surface area (Å²) in [7, 11) is -3.74. The molecule has 0 aliphatic heterocycles. The molecule has 0 aliphatic carbocycles. The number of hydrogen-bond donors (Lipinski definition) is 0. The summed E-state index contributed by atoms with van der Waals surface area (Å²) in [4.78, 5) is 15.0. The monoisotopic (exact) mass is 312 g/mol. The summed E-state index contributed by atoms with van der Waals surface area (Å²) in [5.41, 5.74) is 0. The summed E-state index contributed by atoms with van der Waals surface area (Å²) in [5.74, 6) is -0.585. The van der Waals surface area contributed by atoms with Gasteiger partial charge in [0.05, 0.1) is 12.8 Å². The molecule has 1 aromatic rings. The lowest BCUT2D eigenvalue weighted by atomic mass is 10.6. The quantitative estimate of drug-likeness (QED) is 0.741. The van der Waals surface area contributed by atoms with Crippen molar-refractivity contribution in [2.75, 3.05) is 19.7 Å². The first-order valence-electron chi connectivity index (χ1n) is 5.18. The molecule has 0 unspecified atom stereocenters. The van der Waals surface area contributed by atoms with E-state index in [1.807, 2.05) is 0 Å². The number of thiazole rings is 1. The van der Waals surface area contributed by atoms with Gasteiger partial charge in [0.2, 0.25) is 0 Å². The van der Waals surface area contributed by atoms with Crippen LogP contribution in [0.25, 0.3) is 0 Å². The molecule has 0 N–H and O–H groups in total. The molecule has 0 saturated carbocycles. The van der Waals surface area contributed by atoms with E-state index in [1.54, 1.807) is 13.8 Å². The Kier molecular flexibility index (Phi) is 5.51. The van der Waals surface area contributed by atoms with Gasteiger partial charge in [0.15, 0.2) is 8.68 Å². The van der Waals surface area contributed by atoms with Gasteiger partial charge in [0.1, 0.15) is 6.54 Å². The van der Waals surface area contributed by atoms with Crippen molar-refractivity contribution in [3.63, 3.8) is 0 Å². The summed E-state index contributed by atoms with van der Waals surface area (Å²) in [5, 5.41) is 0. The van der Waals surface area contributed by atoms with Crippen molar-refractivity contribution in [3.05, 3.63) is 10.7 Å². The highest BCUT2D eigenvalue weighted by atomic mass is 35.5. The van der Waals surface area contributed by atoms with Gasteiger partial charge in [0, 0.05) is 6.54 Å². The molecular weight excluding hydrogens is 300 g/mol. The number of ether oxygens (including phenoxy) is 1. The summed E-state index contributed by atoms with van der Waals surface area (Å²) in [6.45, 7) is 3.35. The molecule has 0 amide bonds. The van der Waals surface area contributed by atoms with E-state index in [-0.39, 0.29) is 28.4 Å². The number of carbonyl (C=O) groups excluding carboxylic acids is 1. The molecule has 6 nitrogen and oxygen atoms in total. The minimum Gasteiger partial charge on any atom is -0.465 e. The first-order chi connectivity index (χ1) is 8.41.